The number of carbonyl (C=O) groups excluding carboxylic acids is 1. The summed E-state index contributed by atoms with van der Waals surface area (Å²) < 4.78 is 8.07. The molecule has 0 saturated carbocycles. The Morgan fingerprint density at radius 3 is 3.00 bits per heavy atom. The predicted octanol–water partition coefficient (Wildman–Crippen LogP) is 3.36. The number of amides is 1. The van der Waals surface area contributed by atoms with Gasteiger partial charge in [0.15, 0.2) is 11.0 Å². The summed E-state index contributed by atoms with van der Waals surface area (Å²) in [6.07, 6.45) is 0. The largest absolute Gasteiger partial charge is 0.360 e. The maximum atomic E-state index is 12.3. The number of aromatic nitrogens is 4. The van der Waals surface area contributed by atoms with Crippen LogP contribution in [0.4, 0.5) is 5.82 Å². The van der Waals surface area contributed by atoms with Gasteiger partial charge in [-0.25, -0.2) is 0 Å². The summed E-state index contributed by atoms with van der Waals surface area (Å²) in [7, 11) is 0. The summed E-state index contributed by atoms with van der Waals surface area (Å²) in [5.41, 5.74) is 1.05. The summed E-state index contributed by atoms with van der Waals surface area (Å²) >= 11 is 2.94. The van der Waals surface area contributed by atoms with E-state index in [9.17, 15) is 4.79 Å². The molecule has 0 fully saturated rings. The van der Waals surface area contributed by atoms with Crippen molar-refractivity contribution in [2.75, 3.05) is 5.32 Å². The van der Waals surface area contributed by atoms with Crippen LogP contribution < -0.4 is 5.32 Å². The third kappa shape index (κ3) is 2.65. The summed E-state index contributed by atoms with van der Waals surface area (Å²) in [6, 6.07) is 9.72. The van der Waals surface area contributed by atoms with Crippen molar-refractivity contribution < 1.29 is 9.32 Å². The van der Waals surface area contributed by atoms with E-state index in [0.29, 0.717) is 16.7 Å². The normalized spacial score (nSPS) is 12.8. The molecule has 1 N–H and O–H groups in total. The highest BCUT2D eigenvalue weighted by Gasteiger charge is 2.20. The molecule has 4 aromatic rings. The number of fused-ring (bicyclic) bond motifs is 3. The van der Waals surface area contributed by atoms with Crippen LogP contribution in [0.3, 0.4) is 0 Å². The number of nitrogens with zero attached hydrogens (tertiary/aromatic N) is 4. The first-order valence-electron chi connectivity index (χ1n) is 7.25. The topological polar surface area (TPSA) is 85.3 Å². The number of hydrogen-bond acceptors (Lipinski definition) is 7. The van der Waals surface area contributed by atoms with E-state index < -0.39 is 0 Å². The summed E-state index contributed by atoms with van der Waals surface area (Å²) in [5, 5.41) is 15.3. The molecular weight excluding hydrogens is 346 g/mol. The van der Waals surface area contributed by atoms with Gasteiger partial charge in [-0.15, -0.1) is 10.2 Å². The number of para-hydroxylation sites is 1. The number of benzene rings is 1. The lowest BCUT2D eigenvalue weighted by atomic mass is 10.3. The molecular formula is C15H13N5O2S2. The molecule has 0 unspecified atom stereocenters. The maximum Gasteiger partial charge on any atom is 0.238 e. The minimum Gasteiger partial charge on any atom is -0.360 e. The van der Waals surface area contributed by atoms with Crippen molar-refractivity contribution in [3.63, 3.8) is 0 Å². The van der Waals surface area contributed by atoms with Gasteiger partial charge in [0, 0.05) is 6.07 Å². The van der Waals surface area contributed by atoms with E-state index in [2.05, 4.69) is 20.7 Å². The van der Waals surface area contributed by atoms with Crippen LogP contribution in [0.1, 0.15) is 12.7 Å². The highest BCUT2D eigenvalue weighted by Crippen LogP contribution is 2.31. The number of thioether (sulfide) groups is 1. The van der Waals surface area contributed by atoms with Gasteiger partial charge in [-0.3, -0.25) is 9.20 Å². The van der Waals surface area contributed by atoms with E-state index in [1.165, 1.54) is 11.8 Å². The van der Waals surface area contributed by atoms with E-state index in [1.807, 2.05) is 35.6 Å². The van der Waals surface area contributed by atoms with Crippen LogP contribution in [0, 0.1) is 6.92 Å². The molecule has 1 amide bonds. The third-order valence-electron chi connectivity index (χ3n) is 3.44. The number of nitrogens with one attached hydrogen (secondary N) is 1. The SMILES string of the molecule is Cc1cc(NC(=O)[C@@H](C)Sc2nnc3sc4ccccc4n23)no1. The quantitative estimate of drug-likeness (QED) is 0.562. The Bertz CT molecular complexity index is 1030. The Labute approximate surface area is 145 Å². The zero-order chi connectivity index (χ0) is 16.7. The van der Waals surface area contributed by atoms with E-state index in [1.54, 1.807) is 24.3 Å². The Kier molecular flexibility index (Phi) is 3.73. The second-order valence-electron chi connectivity index (χ2n) is 5.24. The van der Waals surface area contributed by atoms with Crippen LogP contribution >= 0.6 is 23.1 Å². The van der Waals surface area contributed by atoms with Crippen molar-refractivity contribution in [3.8, 4) is 0 Å². The van der Waals surface area contributed by atoms with Crippen molar-refractivity contribution in [1.29, 1.82) is 0 Å². The van der Waals surface area contributed by atoms with Gasteiger partial charge in [-0.1, -0.05) is 40.4 Å². The van der Waals surface area contributed by atoms with Gasteiger partial charge in [0.1, 0.15) is 5.76 Å². The van der Waals surface area contributed by atoms with E-state index in [-0.39, 0.29) is 11.2 Å². The molecule has 122 valence electrons. The fraction of sp³-hybridized carbons (Fsp3) is 0.200. The van der Waals surface area contributed by atoms with Gasteiger partial charge in [-0.05, 0) is 26.0 Å². The summed E-state index contributed by atoms with van der Waals surface area (Å²) in [4.78, 5) is 13.1. The van der Waals surface area contributed by atoms with Gasteiger partial charge in [0.2, 0.25) is 10.9 Å². The number of thiazole rings is 1. The Morgan fingerprint density at radius 1 is 1.38 bits per heavy atom. The van der Waals surface area contributed by atoms with Crippen LogP contribution in [0.25, 0.3) is 15.2 Å². The van der Waals surface area contributed by atoms with Crippen LogP contribution in [-0.2, 0) is 4.79 Å². The first-order chi connectivity index (χ1) is 11.6. The first-order valence-corrected chi connectivity index (χ1v) is 8.95. The number of aryl methyl sites for hydroxylation is 1. The highest BCUT2D eigenvalue weighted by atomic mass is 32.2. The van der Waals surface area contributed by atoms with Crippen LogP contribution in [0.15, 0.2) is 40.0 Å². The molecule has 0 spiro atoms. The molecule has 9 heteroatoms. The van der Waals surface area contributed by atoms with Crippen molar-refractivity contribution in [2.24, 2.45) is 0 Å². The minimum atomic E-state index is -0.354. The lowest BCUT2D eigenvalue weighted by molar-refractivity contribution is -0.115. The van der Waals surface area contributed by atoms with Crippen molar-refractivity contribution in [2.45, 2.75) is 24.3 Å². The lowest BCUT2D eigenvalue weighted by Gasteiger charge is -2.08. The number of hydrogen-bond donors (Lipinski definition) is 1. The Morgan fingerprint density at radius 2 is 2.21 bits per heavy atom. The first kappa shape index (κ1) is 15.2. The molecule has 1 aromatic carbocycles. The van der Waals surface area contributed by atoms with Gasteiger partial charge in [0.25, 0.3) is 0 Å². The summed E-state index contributed by atoms with van der Waals surface area (Å²) in [5.74, 6) is 0.899. The fourth-order valence-electron chi connectivity index (χ4n) is 2.30. The van der Waals surface area contributed by atoms with Gasteiger partial charge < -0.3 is 9.84 Å². The zero-order valence-corrected chi connectivity index (χ0v) is 14.5. The van der Waals surface area contributed by atoms with Gasteiger partial charge in [-0.2, -0.15) is 0 Å². The smallest absolute Gasteiger partial charge is 0.238 e. The third-order valence-corrected chi connectivity index (χ3v) is 5.50. The van der Waals surface area contributed by atoms with Crippen molar-refractivity contribution >= 4 is 50.0 Å². The second kappa shape index (κ2) is 5.91. The lowest BCUT2D eigenvalue weighted by Crippen LogP contribution is -2.22. The Hall–Kier alpha value is -2.39. The molecule has 3 heterocycles. The monoisotopic (exact) mass is 359 g/mol. The molecule has 1 atom stereocenters. The maximum absolute atomic E-state index is 12.3. The number of carbonyl (C=O) groups is 1. The molecule has 0 saturated heterocycles. The predicted molar refractivity (Wildman–Crippen MR) is 93.6 cm³/mol. The molecule has 0 aliphatic carbocycles. The van der Waals surface area contributed by atoms with Crippen molar-refractivity contribution in [1.82, 2.24) is 19.8 Å². The molecule has 0 aliphatic heterocycles. The standard InChI is InChI=1S/C15H13N5O2S2/c1-8-7-12(19-22-8)16-13(21)9(2)23-14-17-18-15-20(14)10-5-3-4-6-11(10)24-15/h3-7,9H,1-2H3,(H,16,19,21)/t9-/m1/s1. The van der Waals surface area contributed by atoms with E-state index in [4.69, 9.17) is 4.52 Å². The van der Waals surface area contributed by atoms with Gasteiger partial charge >= 0.3 is 0 Å². The molecule has 24 heavy (non-hydrogen) atoms. The van der Waals surface area contributed by atoms with E-state index in [0.717, 1.165) is 15.2 Å². The average Bonchev–Trinajstić information content (AvgIpc) is 3.23. The van der Waals surface area contributed by atoms with Crippen LogP contribution in [0.2, 0.25) is 0 Å². The number of rotatable bonds is 4. The summed E-state index contributed by atoms with van der Waals surface area (Å²) in [6.45, 7) is 3.60. The zero-order valence-electron chi connectivity index (χ0n) is 12.9. The molecule has 7 nitrogen and oxygen atoms in total. The number of anilines is 1. The van der Waals surface area contributed by atoms with E-state index >= 15 is 0 Å². The molecule has 3 aromatic heterocycles. The van der Waals surface area contributed by atoms with Gasteiger partial charge in [0.05, 0.1) is 15.5 Å². The molecule has 0 aliphatic rings. The van der Waals surface area contributed by atoms with Crippen LogP contribution in [-0.4, -0.2) is 30.9 Å². The molecule has 4 rings (SSSR count). The van der Waals surface area contributed by atoms with Crippen LogP contribution in [0.5, 0.6) is 0 Å². The highest BCUT2D eigenvalue weighted by molar-refractivity contribution is 8.00. The molecule has 0 bridgehead atoms. The average molecular weight is 359 g/mol. The molecule has 0 radical (unpaired) electrons. The Balaban J connectivity index is 1.58. The minimum absolute atomic E-state index is 0.162. The fourth-order valence-corrected chi connectivity index (χ4v) is 4.18. The second-order valence-corrected chi connectivity index (χ2v) is 7.56. The van der Waals surface area contributed by atoms with Crippen molar-refractivity contribution in [3.05, 3.63) is 36.1 Å².